The van der Waals surface area contributed by atoms with Gasteiger partial charge >= 0.3 is 0 Å². The molecule has 0 radical (unpaired) electrons. The molecule has 1 amide bonds. The Kier molecular flexibility index (Phi) is 4.97. The molecule has 2 heterocycles. The van der Waals surface area contributed by atoms with Gasteiger partial charge in [0.15, 0.2) is 5.82 Å². The van der Waals surface area contributed by atoms with Gasteiger partial charge in [-0.3, -0.25) is 4.79 Å². The van der Waals surface area contributed by atoms with Gasteiger partial charge in [0.25, 0.3) is 5.91 Å². The van der Waals surface area contributed by atoms with Crippen molar-refractivity contribution in [2.75, 3.05) is 10.6 Å². The number of aromatic nitrogens is 3. The highest BCUT2D eigenvalue weighted by Gasteiger charge is 2.14. The first-order chi connectivity index (χ1) is 12.5. The first kappa shape index (κ1) is 17.6. The normalized spacial score (nSPS) is 10.6. The summed E-state index contributed by atoms with van der Waals surface area (Å²) >= 11 is 0. The third-order valence-electron chi connectivity index (χ3n) is 3.93. The first-order valence-corrected chi connectivity index (χ1v) is 8.42. The van der Waals surface area contributed by atoms with Gasteiger partial charge in [-0.2, -0.15) is 0 Å². The lowest BCUT2D eigenvalue weighted by Gasteiger charge is -2.14. The largest absolute Gasteiger partial charge is 0.360 e. The summed E-state index contributed by atoms with van der Waals surface area (Å²) < 4.78 is 4.96. The SMILES string of the molecule is CCc1cccc(C)c1Nc1cc(C(=O)Nc2cc(C)on2)nc(C)n1. The number of carbonyl (C=O) groups excluding carboxylic acids is 1. The molecule has 3 aromatic rings. The maximum atomic E-state index is 12.5. The van der Waals surface area contributed by atoms with Crippen LogP contribution < -0.4 is 10.6 Å². The molecule has 7 heteroatoms. The molecule has 26 heavy (non-hydrogen) atoms. The maximum Gasteiger partial charge on any atom is 0.275 e. The number of anilines is 3. The van der Waals surface area contributed by atoms with E-state index < -0.39 is 0 Å². The minimum atomic E-state index is -0.368. The summed E-state index contributed by atoms with van der Waals surface area (Å²) in [7, 11) is 0. The van der Waals surface area contributed by atoms with Gasteiger partial charge in [-0.25, -0.2) is 9.97 Å². The highest BCUT2D eigenvalue weighted by atomic mass is 16.5. The highest BCUT2D eigenvalue weighted by Crippen LogP contribution is 2.25. The number of nitrogens with one attached hydrogen (secondary N) is 2. The topological polar surface area (TPSA) is 92.9 Å². The van der Waals surface area contributed by atoms with Crippen molar-refractivity contribution < 1.29 is 9.32 Å². The van der Waals surface area contributed by atoms with Gasteiger partial charge in [0.1, 0.15) is 23.1 Å². The number of benzene rings is 1. The summed E-state index contributed by atoms with van der Waals surface area (Å²) in [4.78, 5) is 21.1. The standard InChI is InChI=1S/C19H21N5O2/c1-5-14-8-6-7-11(2)18(14)22-16-10-15(20-13(4)21-16)19(25)23-17-9-12(3)26-24-17/h6-10H,5H2,1-4H3,(H,20,21,22)(H,23,24,25). The zero-order valence-electron chi connectivity index (χ0n) is 15.3. The number of hydrogen-bond acceptors (Lipinski definition) is 6. The lowest BCUT2D eigenvalue weighted by atomic mass is 10.1. The third kappa shape index (κ3) is 3.88. The maximum absolute atomic E-state index is 12.5. The summed E-state index contributed by atoms with van der Waals surface area (Å²) in [5.74, 6) is 1.68. The van der Waals surface area contributed by atoms with Gasteiger partial charge in [-0.1, -0.05) is 30.3 Å². The van der Waals surface area contributed by atoms with Crippen LogP contribution in [-0.4, -0.2) is 21.0 Å². The predicted octanol–water partition coefficient (Wildman–Crippen LogP) is 3.95. The average molecular weight is 351 g/mol. The third-order valence-corrected chi connectivity index (χ3v) is 3.93. The molecule has 1 aromatic carbocycles. The number of para-hydroxylation sites is 1. The van der Waals surface area contributed by atoms with Crippen molar-refractivity contribution in [1.29, 1.82) is 0 Å². The van der Waals surface area contributed by atoms with E-state index in [0.29, 0.717) is 23.2 Å². The Morgan fingerprint density at radius 3 is 2.62 bits per heavy atom. The summed E-state index contributed by atoms with van der Waals surface area (Å²) in [6.07, 6.45) is 0.896. The van der Waals surface area contributed by atoms with Crippen molar-refractivity contribution >= 4 is 23.2 Å². The highest BCUT2D eigenvalue weighted by molar-refractivity contribution is 6.02. The van der Waals surface area contributed by atoms with E-state index in [9.17, 15) is 4.79 Å². The van der Waals surface area contributed by atoms with Crippen molar-refractivity contribution in [3.63, 3.8) is 0 Å². The van der Waals surface area contributed by atoms with Gasteiger partial charge in [-0.05, 0) is 38.3 Å². The minimum absolute atomic E-state index is 0.257. The summed E-state index contributed by atoms with van der Waals surface area (Å²) in [6.45, 7) is 7.65. The van der Waals surface area contributed by atoms with Gasteiger partial charge in [0.2, 0.25) is 0 Å². The van der Waals surface area contributed by atoms with Crippen LogP contribution in [0.4, 0.5) is 17.3 Å². The fourth-order valence-electron chi connectivity index (χ4n) is 2.68. The van der Waals surface area contributed by atoms with Crippen LogP contribution >= 0.6 is 0 Å². The van der Waals surface area contributed by atoms with E-state index in [2.05, 4.69) is 38.7 Å². The zero-order valence-corrected chi connectivity index (χ0v) is 15.3. The van der Waals surface area contributed by atoms with E-state index in [0.717, 1.165) is 17.7 Å². The molecule has 2 N–H and O–H groups in total. The van der Waals surface area contributed by atoms with Crippen LogP contribution in [0.1, 0.15) is 40.1 Å². The van der Waals surface area contributed by atoms with E-state index in [-0.39, 0.29) is 11.6 Å². The van der Waals surface area contributed by atoms with Crippen molar-refractivity contribution in [2.45, 2.75) is 34.1 Å². The molecule has 2 aromatic heterocycles. The van der Waals surface area contributed by atoms with Gasteiger partial charge in [0.05, 0.1) is 0 Å². The summed E-state index contributed by atoms with van der Waals surface area (Å²) in [5, 5.41) is 9.76. The number of aryl methyl sites for hydroxylation is 4. The smallest absolute Gasteiger partial charge is 0.275 e. The van der Waals surface area contributed by atoms with E-state index in [4.69, 9.17) is 4.52 Å². The Morgan fingerprint density at radius 2 is 1.92 bits per heavy atom. The lowest BCUT2D eigenvalue weighted by Crippen LogP contribution is -2.15. The molecule has 0 fully saturated rings. The molecule has 0 aliphatic carbocycles. The first-order valence-electron chi connectivity index (χ1n) is 8.42. The molecule has 0 bridgehead atoms. The Balaban J connectivity index is 1.87. The van der Waals surface area contributed by atoms with E-state index >= 15 is 0 Å². The molecule has 3 rings (SSSR count). The summed E-state index contributed by atoms with van der Waals surface area (Å²) in [5.41, 5.74) is 3.56. The number of nitrogens with zero attached hydrogens (tertiary/aromatic N) is 3. The van der Waals surface area contributed by atoms with Crippen molar-refractivity contribution in [2.24, 2.45) is 0 Å². The molecule has 134 valence electrons. The summed E-state index contributed by atoms with van der Waals surface area (Å²) in [6, 6.07) is 9.41. The van der Waals surface area contributed by atoms with E-state index in [1.165, 1.54) is 5.56 Å². The number of hydrogen-bond donors (Lipinski definition) is 2. The fraction of sp³-hybridized carbons (Fsp3) is 0.263. The molecule has 0 atom stereocenters. The van der Waals surface area contributed by atoms with Crippen molar-refractivity contribution in [3.8, 4) is 0 Å². The van der Waals surface area contributed by atoms with Crippen molar-refractivity contribution in [3.05, 3.63) is 58.7 Å². The Hall–Kier alpha value is -3.22. The Bertz CT molecular complexity index is 949. The van der Waals surface area contributed by atoms with Crippen LogP contribution in [0.15, 0.2) is 34.9 Å². The monoisotopic (exact) mass is 351 g/mol. The van der Waals surface area contributed by atoms with Gasteiger partial charge in [0, 0.05) is 17.8 Å². The zero-order chi connectivity index (χ0) is 18.7. The quantitative estimate of drug-likeness (QED) is 0.723. The minimum Gasteiger partial charge on any atom is -0.360 e. The molecule has 0 aliphatic heterocycles. The van der Waals surface area contributed by atoms with Gasteiger partial charge < -0.3 is 15.2 Å². The number of rotatable bonds is 5. The number of amides is 1. The lowest BCUT2D eigenvalue weighted by molar-refractivity contribution is 0.102. The molecule has 0 saturated carbocycles. The Morgan fingerprint density at radius 1 is 1.12 bits per heavy atom. The molecular formula is C19H21N5O2. The predicted molar refractivity (Wildman–Crippen MR) is 99.8 cm³/mol. The van der Waals surface area contributed by atoms with E-state index in [1.807, 2.05) is 19.1 Å². The van der Waals surface area contributed by atoms with Crippen LogP contribution in [0.25, 0.3) is 0 Å². The van der Waals surface area contributed by atoms with Crippen LogP contribution in [0.3, 0.4) is 0 Å². The fourth-order valence-corrected chi connectivity index (χ4v) is 2.68. The van der Waals surface area contributed by atoms with Crippen LogP contribution in [0, 0.1) is 20.8 Å². The molecular weight excluding hydrogens is 330 g/mol. The van der Waals surface area contributed by atoms with Crippen LogP contribution in [0.2, 0.25) is 0 Å². The average Bonchev–Trinajstić information content (AvgIpc) is 3.01. The molecule has 0 aliphatic rings. The van der Waals surface area contributed by atoms with Gasteiger partial charge in [-0.15, -0.1) is 0 Å². The number of carbonyl (C=O) groups is 1. The Labute approximate surface area is 151 Å². The van der Waals surface area contributed by atoms with Crippen molar-refractivity contribution in [1.82, 2.24) is 15.1 Å². The molecule has 0 spiro atoms. The molecule has 7 nitrogen and oxygen atoms in total. The molecule has 0 unspecified atom stereocenters. The molecule has 0 saturated heterocycles. The second-order valence-corrected chi connectivity index (χ2v) is 6.05. The van der Waals surface area contributed by atoms with Crippen LogP contribution in [0.5, 0.6) is 0 Å². The van der Waals surface area contributed by atoms with Crippen LogP contribution in [-0.2, 0) is 6.42 Å². The van der Waals surface area contributed by atoms with E-state index in [1.54, 1.807) is 26.0 Å². The second kappa shape index (κ2) is 7.35. The second-order valence-electron chi connectivity index (χ2n) is 6.05.